The van der Waals surface area contributed by atoms with Crippen molar-refractivity contribution >= 4 is 23.4 Å². The van der Waals surface area contributed by atoms with Gasteiger partial charge in [0.2, 0.25) is 5.91 Å². The van der Waals surface area contributed by atoms with E-state index in [2.05, 4.69) is 5.32 Å². The Balaban J connectivity index is 1.61. The molecule has 1 saturated heterocycles. The fourth-order valence-electron chi connectivity index (χ4n) is 3.51. The van der Waals surface area contributed by atoms with Crippen molar-refractivity contribution in [2.45, 2.75) is 19.4 Å². The van der Waals surface area contributed by atoms with Crippen LogP contribution in [-0.4, -0.2) is 44.0 Å². The van der Waals surface area contributed by atoms with E-state index in [0.717, 1.165) is 18.4 Å². The second kappa shape index (κ2) is 9.65. The van der Waals surface area contributed by atoms with E-state index < -0.39 is 0 Å². The van der Waals surface area contributed by atoms with Gasteiger partial charge in [-0.15, -0.1) is 0 Å². The van der Waals surface area contributed by atoms with E-state index in [9.17, 15) is 9.59 Å². The van der Waals surface area contributed by atoms with Gasteiger partial charge in [0.15, 0.2) is 0 Å². The third-order valence-electron chi connectivity index (χ3n) is 5.13. The number of nitrogens with one attached hydrogen (secondary N) is 1. The lowest BCUT2D eigenvalue weighted by molar-refractivity contribution is -0.126. The Kier molecular flexibility index (Phi) is 6.99. The largest absolute Gasteiger partial charge is 0.497 e. The first kappa shape index (κ1) is 21.0. The minimum Gasteiger partial charge on any atom is -0.497 e. The van der Waals surface area contributed by atoms with Gasteiger partial charge >= 0.3 is 0 Å². The van der Waals surface area contributed by atoms with Crippen molar-refractivity contribution in [3.63, 3.8) is 0 Å². The van der Waals surface area contributed by atoms with E-state index in [1.54, 1.807) is 49.5 Å². The van der Waals surface area contributed by atoms with Crippen molar-refractivity contribution in [2.75, 3.05) is 27.3 Å². The molecule has 154 valence electrons. The summed E-state index contributed by atoms with van der Waals surface area (Å²) in [5, 5.41) is 3.39. The standard InChI is InChI=1S/C22H25ClN2O4/c1-28-17-10-9-15(20(12-17)29-2)13-24-21(26)16-6-5-11-25(14-16)22(27)18-7-3-4-8-19(18)23/h3-4,7-10,12,16H,5-6,11,13-14H2,1-2H3,(H,24,26)/t16-/m0/s1. The molecule has 1 fully saturated rings. The number of benzene rings is 2. The fourth-order valence-corrected chi connectivity index (χ4v) is 3.72. The predicted octanol–water partition coefficient (Wildman–Crippen LogP) is 3.53. The van der Waals surface area contributed by atoms with Crippen molar-refractivity contribution < 1.29 is 19.1 Å². The molecule has 6 nitrogen and oxygen atoms in total. The van der Waals surface area contributed by atoms with Crippen molar-refractivity contribution in [1.82, 2.24) is 10.2 Å². The van der Waals surface area contributed by atoms with E-state index in [4.69, 9.17) is 21.1 Å². The fraction of sp³-hybridized carbons (Fsp3) is 0.364. The van der Waals surface area contributed by atoms with Crippen LogP contribution in [0.15, 0.2) is 42.5 Å². The Morgan fingerprint density at radius 1 is 1.17 bits per heavy atom. The first-order valence-electron chi connectivity index (χ1n) is 9.56. The summed E-state index contributed by atoms with van der Waals surface area (Å²) in [6, 6.07) is 12.5. The first-order valence-corrected chi connectivity index (χ1v) is 9.93. The number of amides is 2. The van der Waals surface area contributed by atoms with Gasteiger partial charge in [0.1, 0.15) is 11.5 Å². The van der Waals surface area contributed by atoms with Gasteiger partial charge in [-0.25, -0.2) is 0 Å². The Labute approximate surface area is 175 Å². The molecular formula is C22H25ClN2O4. The van der Waals surface area contributed by atoms with Crippen LogP contribution in [0.3, 0.4) is 0 Å². The maximum absolute atomic E-state index is 12.8. The van der Waals surface area contributed by atoms with Crippen molar-refractivity contribution in [3.05, 3.63) is 58.6 Å². The highest BCUT2D eigenvalue weighted by molar-refractivity contribution is 6.33. The number of hydrogen-bond acceptors (Lipinski definition) is 4. The Bertz CT molecular complexity index is 887. The van der Waals surface area contributed by atoms with Crippen LogP contribution < -0.4 is 14.8 Å². The molecule has 2 amide bonds. The maximum atomic E-state index is 12.8. The summed E-state index contributed by atoms with van der Waals surface area (Å²) in [5.41, 5.74) is 1.33. The van der Waals surface area contributed by atoms with Crippen LogP contribution in [0, 0.1) is 5.92 Å². The number of nitrogens with zero attached hydrogens (tertiary/aromatic N) is 1. The van der Waals surface area contributed by atoms with Gasteiger partial charge in [-0.3, -0.25) is 9.59 Å². The second-order valence-electron chi connectivity index (χ2n) is 6.97. The van der Waals surface area contributed by atoms with Crippen LogP contribution >= 0.6 is 11.6 Å². The molecular weight excluding hydrogens is 392 g/mol. The lowest BCUT2D eigenvalue weighted by Crippen LogP contribution is -2.45. The van der Waals surface area contributed by atoms with Crippen LogP contribution in [0.2, 0.25) is 5.02 Å². The molecule has 0 aliphatic carbocycles. The lowest BCUT2D eigenvalue weighted by atomic mass is 9.96. The smallest absolute Gasteiger partial charge is 0.255 e. The Morgan fingerprint density at radius 2 is 1.97 bits per heavy atom. The number of carbonyl (C=O) groups excluding carboxylic acids is 2. The van der Waals surface area contributed by atoms with Gasteiger partial charge in [-0.05, 0) is 37.1 Å². The van der Waals surface area contributed by atoms with Crippen LogP contribution in [0.4, 0.5) is 0 Å². The second-order valence-corrected chi connectivity index (χ2v) is 7.37. The highest BCUT2D eigenvalue weighted by Gasteiger charge is 2.29. The summed E-state index contributed by atoms with van der Waals surface area (Å²) in [4.78, 5) is 27.2. The third-order valence-corrected chi connectivity index (χ3v) is 5.46. The van der Waals surface area contributed by atoms with Gasteiger partial charge in [0, 0.05) is 31.3 Å². The minimum absolute atomic E-state index is 0.0699. The summed E-state index contributed by atoms with van der Waals surface area (Å²) in [5.74, 6) is 0.894. The molecule has 0 spiro atoms. The summed E-state index contributed by atoms with van der Waals surface area (Å²) in [6.45, 7) is 1.36. The van der Waals surface area contributed by atoms with Crippen molar-refractivity contribution in [1.29, 1.82) is 0 Å². The van der Waals surface area contributed by atoms with Gasteiger partial charge in [-0.2, -0.15) is 0 Å². The zero-order chi connectivity index (χ0) is 20.8. The zero-order valence-electron chi connectivity index (χ0n) is 16.6. The van der Waals surface area contributed by atoms with E-state index in [-0.39, 0.29) is 17.7 Å². The lowest BCUT2D eigenvalue weighted by Gasteiger charge is -2.32. The molecule has 0 bridgehead atoms. The molecule has 0 saturated carbocycles. The molecule has 1 aliphatic heterocycles. The first-order chi connectivity index (χ1) is 14.0. The third kappa shape index (κ3) is 5.01. The maximum Gasteiger partial charge on any atom is 0.255 e. The van der Waals surface area contributed by atoms with Crippen LogP contribution in [0.25, 0.3) is 0 Å². The number of halogens is 1. The van der Waals surface area contributed by atoms with Gasteiger partial charge < -0.3 is 19.7 Å². The van der Waals surface area contributed by atoms with Crippen LogP contribution in [0.5, 0.6) is 11.5 Å². The molecule has 0 radical (unpaired) electrons. The molecule has 2 aromatic rings. The van der Waals surface area contributed by atoms with Crippen molar-refractivity contribution in [2.24, 2.45) is 5.92 Å². The summed E-state index contributed by atoms with van der Waals surface area (Å²) >= 11 is 6.16. The number of hydrogen-bond donors (Lipinski definition) is 1. The quantitative estimate of drug-likeness (QED) is 0.782. The zero-order valence-corrected chi connectivity index (χ0v) is 17.4. The molecule has 0 unspecified atom stereocenters. The molecule has 29 heavy (non-hydrogen) atoms. The SMILES string of the molecule is COc1ccc(CNC(=O)[C@H]2CCCN(C(=O)c3ccccc3Cl)C2)c(OC)c1. The number of ether oxygens (including phenoxy) is 2. The van der Waals surface area contributed by atoms with Crippen LogP contribution in [-0.2, 0) is 11.3 Å². The molecule has 2 aromatic carbocycles. The number of likely N-dealkylation sites (tertiary alicyclic amines) is 1. The molecule has 1 aliphatic rings. The summed E-state index contributed by atoms with van der Waals surface area (Å²) in [6.07, 6.45) is 1.53. The highest BCUT2D eigenvalue weighted by Crippen LogP contribution is 2.25. The topological polar surface area (TPSA) is 67.9 Å². The number of piperidine rings is 1. The van der Waals surface area contributed by atoms with E-state index in [1.807, 2.05) is 12.1 Å². The monoisotopic (exact) mass is 416 g/mol. The van der Waals surface area contributed by atoms with Crippen LogP contribution in [0.1, 0.15) is 28.8 Å². The molecule has 7 heteroatoms. The highest BCUT2D eigenvalue weighted by atomic mass is 35.5. The van der Waals surface area contributed by atoms with Gasteiger partial charge in [-0.1, -0.05) is 23.7 Å². The average molecular weight is 417 g/mol. The van der Waals surface area contributed by atoms with Gasteiger partial charge in [0.25, 0.3) is 5.91 Å². The molecule has 1 atom stereocenters. The number of carbonyl (C=O) groups is 2. The Morgan fingerprint density at radius 3 is 2.69 bits per heavy atom. The number of methoxy groups -OCH3 is 2. The molecule has 0 aromatic heterocycles. The molecule has 1 N–H and O–H groups in total. The minimum atomic E-state index is -0.251. The molecule has 3 rings (SSSR count). The Hall–Kier alpha value is -2.73. The predicted molar refractivity (Wildman–Crippen MR) is 111 cm³/mol. The average Bonchev–Trinajstić information content (AvgIpc) is 2.77. The van der Waals surface area contributed by atoms with E-state index >= 15 is 0 Å². The van der Waals surface area contributed by atoms with E-state index in [1.165, 1.54) is 0 Å². The van der Waals surface area contributed by atoms with E-state index in [0.29, 0.717) is 41.7 Å². The summed E-state index contributed by atoms with van der Waals surface area (Å²) < 4.78 is 10.6. The normalized spacial score (nSPS) is 16.2. The van der Waals surface area contributed by atoms with Gasteiger partial charge in [0.05, 0.1) is 30.7 Å². The van der Waals surface area contributed by atoms with Crippen molar-refractivity contribution in [3.8, 4) is 11.5 Å². The summed E-state index contributed by atoms with van der Waals surface area (Å²) in [7, 11) is 3.17. The molecule has 1 heterocycles. The number of rotatable bonds is 6.